The summed E-state index contributed by atoms with van der Waals surface area (Å²) in [6, 6.07) is 18.5. The van der Waals surface area contributed by atoms with Crippen molar-refractivity contribution in [2.24, 2.45) is 0 Å². The smallest absolute Gasteiger partial charge is 0.252 e. The molecule has 5 rings (SSSR count). The van der Waals surface area contributed by atoms with Crippen molar-refractivity contribution >= 4 is 10.9 Å². The van der Waals surface area contributed by atoms with Crippen LogP contribution in [0.5, 0.6) is 0 Å². The number of ether oxygens (including phenoxy) is 1. The molecule has 0 spiro atoms. The number of nitrogens with one attached hydrogen (secondary N) is 1. The summed E-state index contributed by atoms with van der Waals surface area (Å²) in [4.78, 5) is 18.6. The molecule has 0 radical (unpaired) electrons. The molecule has 8 nitrogen and oxygen atoms in total. The molecule has 2 aromatic heterocycles. The van der Waals surface area contributed by atoms with Crippen LogP contribution in [0.15, 0.2) is 59.4 Å². The van der Waals surface area contributed by atoms with Gasteiger partial charge >= 0.3 is 0 Å². The zero-order valence-corrected chi connectivity index (χ0v) is 21.1. The van der Waals surface area contributed by atoms with Gasteiger partial charge in [-0.3, -0.25) is 9.69 Å². The maximum absolute atomic E-state index is 13.2. The number of aromatic nitrogens is 5. The van der Waals surface area contributed by atoms with Crippen LogP contribution in [0.3, 0.4) is 0 Å². The van der Waals surface area contributed by atoms with E-state index in [9.17, 15) is 4.79 Å². The fraction of sp³-hybridized carbons (Fsp3) is 0.429. The molecule has 3 heterocycles. The van der Waals surface area contributed by atoms with Crippen LogP contribution < -0.4 is 5.56 Å². The normalized spacial score (nSPS) is 16.7. The summed E-state index contributed by atoms with van der Waals surface area (Å²) >= 11 is 0. The SMILES string of the molecule is CCC[C@@H](c1nnnn1C[C@@H]1CCCO1)N(Cc1ccccc1)Cc1cc2ccc(C)cc2[nH]c1=O. The second-order valence-corrected chi connectivity index (χ2v) is 9.76. The number of aryl methyl sites for hydroxylation is 1. The number of rotatable bonds is 10. The first kappa shape index (κ1) is 24.3. The Morgan fingerprint density at radius 3 is 2.81 bits per heavy atom. The van der Waals surface area contributed by atoms with E-state index in [1.165, 1.54) is 5.56 Å². The lowest BCUT2D eigenvalue weighted by Gasteiger charge is -2.31. The van der Waals surface area contributed by atoms with Crippen LogP contribution in [0.2, 0.25) is 0 Å². The molecule has 1 aliphatic rings. The van der Waals surface area contributed by atoms with Gasteiger partial charge in [-0.1, -0.05) is 55.8 Å². The maximum atomic E-state index is 13.2. The van der Waals surface area contributed by atoms with Gasteiger partial charge in [0.2, 0.25) is 0 Å². The predicted molar refractivity (Wildman–Crippen MR) is 139 cm³/mol. The number of benzene rings is 2. The third kappa shape index (κ3) is 5.55. The minimum Gasteiger partial charge on any atom is -0.376 e. The molecule has 0 saturated carbocycles. The average Bonchev–Trinajstić information content (AvgIpc) is 3.56. The lowest BCUT2D eigenvalue weighted by Crippen LogP contribution is -2.33. The molecule has 188 valence electrons. The van der Waals surface area contributed by atoms with Gasteiger partial charge < -0.3 is 9.72 Å². The highest BCUT2D eigenvalue weighted by Gasteiger charge is 2.28. The van der Waals surface area contributed by atoms with Crippen molar-refractivity contribution in [3.05, 3.63) is 87.5 Å². The van der Waals surface area contributed by atoms with Gasteiger partial charge in [0.05, 0.1) is 18.7 Å². The molecule has 1 aliphatic heterocycles. The summed E-state index contributed by atoms with van der Waals surface area (Å²) < 4.78 is 7.77. The van der Waals surface area contributed by atoms with Crippen LogP contribution in [0.25, 0.3) is 10.9 Å². The van der Waals surface area contributed by atoms with E-state index in [-0.39, 0.29) is 17.7 Å². The third-order valence-electron chi connectivity index (χ3n) is 6.94. The third-order valence-corrected chi connectivity index (χ3v) is 6.94. The van der Waals surface area contributed by atoms with E-state index in [1.807, 2.05) is 29.8 Å². The Balaban J connectivity index is 1.51. The molecular formula is C28H34N6O2. The standard InChI is InChI=1S/C28H34N6O2/c1-3-8-26(27-30-31-32-34(27)19-24-11-7-14-36-24)33(17-21-9-5-4-6-10-21)18-23-16-22-13-12-20(2)15-25(22)29-28(23)35/h4-6,9-10,12-13,15-16,24,26H,3,7-8,11,14,17-19H2,1-2H3,(H,29,35)/t24-,26-/m0/s1. The first-order valence-electron chi connectivity index (χ1n) is 12.9. The van der Waals surface area contributed by atoms with Crippen molar-refractivity contribution in [2.75, 3.05) is 6.61 Å². The summed E-state index contributed by atoms with van der Waals surface area (Å²) in [5, 5.41) is 13.9. The molecule has 1 fully saturated rings. The second kappa shape index (κ2) is 11.1. The summed E-state index contributed by atoms with van der Waals surface area (Å²) in [6.07, 6.45) is 4.09. The Morgan fingerprint density at radius 1 is 1.17 bits per heavy atom. The molecule has 36 heavy (non-hydrogen) atoms. The van der Waals surface area contributed by atoms with Crippen molar-refractivity contribution in [1.82, 2.24) is 30.1 Å². The summed E-state index contributed by atoms with van der Waals surface area (Å²) in [6.45, 7) is 6.83. The molecule has 0 unspecified atom stereocenters. The van der Waals surface area contributed by atoms with Crippen molar-refractivity contribution < 1.29 is 4.74 Å². The highest BCUT2D eigenvalue weighted by Crippen LogP contribution is 2.28. The van der Waals surface area contributed by atoms with Crippen molar-refractivity contribution in [3.8, 4) is 0 Å². The minimum absolute atomic E-state index is 0.0419. The maximum Gasteiger partial charge on any atom is 0.252 e. The number of hydrogen-bond acceptors (Lipinski definition) is 6. The molecule has 0 amide bonds. The van der Waals surface area contributed by atoms with E-state index < -0.39 is 0 Å². The number of aromatic amines is 1. The predicted octanol–water partition coefficient (Wildman–Crippen LogP) is 4.55. The topological polar surface area (TPSA) is 88.9 Å². The summed E-state index contributed by atoms with van der Waals surface area (Å²) in [5.41, 5.74) is 3.85. The van der Waals surface area contributed by atoms with Crippen LogP contribution >= 0.6 is 0 Å². The summed E-state index contributed by atoms with van der Waals surface area (Å²) in [7, 11) is 0. The largest absolute Gasteiger partial charge is 0.376 e. The second-order valence-electron chi connectivity index (χ2n) is 9.76. The monoisotopic (exact) mass is 486 g/mol. The average molecular weight is 487 g/mol. The van der Waals surface area contributed by atoms with Gasteiger partial charge in [0.25, 0.3) is 5.56 Å². The molecule has 1 saturated heterocycles. The zero-order valence-electron chi connectivity index (χ0n) is 21.1. The van der Waals surface area contributed by atoms with Gasteiger partial charge in [-0.2, -0.15) is 0 Å². The van der Waals surface area contributed by atoms with Crippen LogP contribution in [0, 0.1) is 6.92 Å². The molecule has 2 atom stereocenters. The molecule has 1 N–H and O–H groups in total. The Bertz CT molecular complexity index is 1340. The molecule has 0 aliphatic carbocycles. The van der Waals surface area contributed by atoms with Crippen molar-refractivity contribution in [2.45, 2.75) is 71.3 Å². The van der Waals surface area contributed by atoms with Crippen molar-refractivity contribution in [3.63, 3.8) is 0 Å². The lowest BCUT2D eigenvalue weighted by molar-refractivity contribution is 0.0885. The Labute approximate surface area is 211 Å². The van der Waals surface area contributed by atoms with Gasteiger partial charge in [-0.25, -0.2) is 4.68 Å². The van der Waals surface area contributed by atoms with Crippen LogP contribution in [0.1, 0.15) is 61.2 Å². The van der Waals surface area contributed by atoms with E-state index in [4.69, 9.17) is 4.74 Å². The highest BCUT2D eigenvalue weighted by atomic mass is 16.5. The molecule has 8 heteroatoms. The van der Waals surface area contributed by atoms with Gasteiger partial charge in [-0.05, 0) is 65.3 Å². The number of hydrogen-bond donors (Lipinski definition) is 1. The number of H-pyrrole nitrogens is 1. The van der Waals surface area contributed by atoms with E-state index in [0.717, 1.165) is 60.1 Å². The number of nitrogens with zero attached hydrogens (tertiary/aromatic N) is 5. The lowest BCUT2D eigenvalue weighted by atomic mass is 10.0. The van der Waals surface area contributed by atoms with Gasteiger partial charge in [-0.15, -0.1) is 5.10 Å². The number of pyridine rings is 1. The first-order valence-corrected chi connectivity index (χ1v) is 12.9. The van der Waals surface area contributed by atoms with E-state index in [2.05, 4.69) is 68.7 Å². The van der Waals surface area contributed by atoms with Gasteiger partial charge in [0.15, 0.2) is 5.82 Å². The molecule has 0 bridgehead atoms. The van der Waals surface area contributed by atoms with Crippen LogP contribution in [0.4, 0.5) is 0 Å². The Hall–Kier alpha value is -3.36. The molecular weight excluding hydrogens is 452 g/mol. The Kier molecular flexibility index (Phi) is 7.53. The fourth-order valence-corrected chi connectivity index (χ4v) is 5.10. The van der Waals surface area contributed by atoms with Gasteiger partial charge in [0.1, 0.15) is 0 Å². The van der Waals surface area contributed by atoms with Gasteiger partial charge in [0, 0.05) is 30.8 Å². The van der Waals surface area contributed by atoms with E-state index >= 15 is 0 Å². The first-order chi connectivity index (χ1) is 17.6. The van der Waals surface area contributed by atoms with Crippen LogP contribution in [-0.4, -0.2) is 42.8 Å². The van der Waals surface area contributed by atoms with E-state index in [1.54, 1.807) is 0 Å². The fourth-order valence-electron chi connectivity index (χ4n) is 5.10. The zero-order chi connectivity index (χ0) is 24.9. The number of fused-ring (bicyclic) bond motifs is 1. The van der Waals surface area contributed by atoms with Crippen LogP contribution in [-0.2, 0) is 24.4 Å². The quantitative estimate of drug-likeness (QED) is 0.354. The summed E-state index contributed by atoms with van der Waals surface area (Å²) in [5.74, 6) is 0.830. The number of tetrazole rings is 1. The van der Waals surface area contributed by atoms with Crippen molar-refractivity contribution in [1.29, 1.82) is 0 Å². The highest BCUT2D eigenvalue weighted by molar-refractivity contribution is 5.79. The molecule has 2 aromatic carbocycles. The Morgan fingerprint density at radius 2 is 2.03 bits per heavy atom. The molecule has 4 aromatic rings. The van der Waals surface area contributed by atoms with E-state index in [0.29, 0.717) is 19.6 Å². The minimum atomic E-state index is -0.0552.